The number of rotatable bonds is 9. The molecule has 5 nitrogen and oxygen atoms in total. The second-order valence-electron chi connectivity index (χ2n) is 7.44. The Balaban J connectivity index is 1.71. The van der Waals surface area contributed by atoms with Crippen LogP contribution in [0.1, 0.15) is 31.4 Å². The molecule has 1 N–H and O–H groups in total. The summed E-state index contributed by atoms with van der Waals surface area (Å²) in [5.74, 6) is 1.42. The van der Waals surface area contributed by atoms with E-state index in [1.165, 1.54) is 0 Å². The highest BCUT2D eigenvalue weighted by molar-refractivity contribution is 5.91. The largest absolute Gasteiger partial charge is 0.495 e. The van der Waals surface area contributed by atoms with Gasteiger partial charge in [-0.2, -0.15) is 0 Å². The van der Waals surface area contributed by atoms with Crippen molar-refractivity contribution in [2.45, 2.75) is 39.5 Å². The fourth-order valence-corrected chi connectivity index (χ4v) is 3.25. The lowest BCUT2D eigenvalue weighted by molar-refractivity contribution is 0.186. The fourth-order valence-electron chi connectivity index (χ4n) is 3.25. The smallest absolute Gasteiger partial charge is 0.322 e. The van der Waals surface area contributed by atoms with Crippen LogP contribution in [0.5, 0.6) is 11.5 Å². The number of para-hydroxylation sites is 2. The second kappa shape index (κ2) is 11.1. The third-order valence-corrected chi connectivity index (χ3v) is 5.23. The van der Waals surface area contributed by atoms with Gasteiger partial charge in [-0.3, -0.25) is 0 Å². The Morgan fingerprint density at radius 3 is 2.42 bits per heavy atom. The molecule has 31 heavy (non-hydrogen) atoms. The summed E-state index contributed by atoms with van der Waals surface area (Å²) >= 11 is 0. The van der Waals surface area contributed by atoms with E-state index in [1.54, 1.807) is 7.11 Å². The Morgan fingerprint density at radius 1 is 0.968 bits per heavy atom. The molecular weight excluding hydrogens is 388 g/mol. The molecule has 0 aliphatic heterocycles. The minimum Gasteiger partial charge on any atom is -0.495 e. The summed E-state index contributed by atoms with van der Waals surface area (Å²) in [4.78, 5) is 14.9. The Morgan fingerprint density at radius 2 is 1.68 bits per heavy atom. The first kappa shape index (κ1) is 22.2. The minimum absolute atomic E-state index is 0.0728. The first-order valence-corrected chi connectivity index (χ1v) is 10.6. The van der Waals surface area contributed by atoms with Gasteiger partial charge >= 0.3 is 6.03 Å². The predicted molar refractivity (Wildman–Crippen MR) is 125 cm³/mol. The van der Waals surface area contributed by atoms with Gasteiger partial charge in [-0.1, -0.05) is 61.5 Å². The number of amides is 2. The van der Waals surface area contributed by atoms with Crippen molar-refractivity contribution in [3.05, 3.63) is 90.0 Å². The summed E-state index contributed by atoms with van der Waals surface area (Å²) in [5, 5.41) is 2.99. The molecule has 0 heterocycles. The average Bonchev–Trinajstić information content (AvgIpc) is 2.82. The number of hydrogen-bond donors (Lipinski definition) is 1. The summed E-state index contributed by atoms with van der Waals surface area (Å²) in [6.45, 7) is 5.12. The average molecular weight is 419 g/mol. The standard InChI is InChI=1S/C26H30N2O3/c1-4-20(2)28(26(29)27-24-15-8-9-16-25(24)30-3)18-22-13-10-14-23(17-22)31-19-21-11-6-5-7-12-21/h5-17,20H,4,18-19H2,1-3H3,(H,27,29). The maximum absolute atomic E-state index is 13.1. The van der Waals surface area contributed by atoms with E-state index in [2.05, 4.69) is 19.2 Å². The number of methoxy groups -OCH3 is 1. The van der Waals surface area contributed by atoms with Crippen LogP contribution < -0.4 is 14.8 Å². The van der Waals surface area contributed by atoms with Crippen LogP contribution >= 0.6 is 0 Å². The van der Waals surface area contributed by atoms with Gasteiger partial charge in [0.25, 0.3) is 0 Å². The number of anilines is 1. The Kier molecular flexibility index (Phi) is 7.93. The van der Waals surface area contributed by atoms with E-state index >= 15 is 0 Å². The zero-order valence-corrected chi connectivity index (χ0v) is 18.4. The second-order valence-corrected chi connectivity index (χ2v) is 7.44. The van der Waals surface area contributed by atoms with Gasteiger partial charge in [-0.15, -0.1) is 0 Å². The van der Waals surface area contributed by atoms with Gasteiger partial charge in [0.15, 0.2) is 0 Å². The van der Waals surface area contributed by atoms with Crippen molar-refractivity contribution >= 4 is 11.7 Å². The molecule has 3 aromatic carbocycles. The van der Waals surface area contributed by atoms with E-state index in [9.17, 15) is 4.79 Å². The van der Waals surface area contributed by atoms with Gasteiger partial charge in [0.1, 0.15) is 18.1 Å². The molecule has 0 saturated carbocycles. The molecule has 5 heteroatoms. The molecule has 0 radical (unpaired) electrons. The van der Waals surface area contributed by atoms with Crippen molar-refractivity contribution in [1.29, 1.82) is 0 Å². The summed E-state index contributed by atoms with van der Waals surface area (Å²) in [7, 11) is 1.60. The van der Waals surface area contributed by atoms with Gasteiger partial charge in [0, 0.05) is 12.6 Å². The van der Waals surface area contributed by atoms with Gasteiger partial charge < -0.3 is 19.7 Å². The molecule has 0 saturated heterocycles. The molecular formula is C26H30N2O3. The van der Waals surface area contributed by atoms with Gasteiger partial charge in [-0.25, -0.2) is 4.79 Å². The van der Waals surface area contributed by atoms with Crippen LogP contribution in [0.25, 0.3) is 0 Å². The molecule has 0 aliphatic carbocycles. The van der Waals surface area contributed by atoms with Crippen LogP contribution in [0.4, 0.5) is 10.5 Å². The molecule has 0 spiro atoms. The van der Waals surface area contributed by atoms with E-state index in [-0.39, 0.29) is 12.1 Å². The number of carbonyl (C=O) groups excluding carboxylic acids is 1. The number of urea groups is 1. The Labute approximate surface area is 184 Å². The number of carbonyl (C=O) groups is 1. The molecule has 3 rings (SSSR count). The number of hydrogen-bond acceptors (Lipinski definition) is 3. The molecule has 1 atom stereocenters. The van der Waals surface area contributed by atoms with Crippen molar-refractivity contribution < 1.29 is 14.3 Å². The topological polar surface area (TPSA) is 50.8 Å². The zero-order valence-electron chi connectivity index (χ0n) is 18.4. The van der Waals surface area contributed by atoms with Crippen LogP contribution in [0.15, 0.2) is 78.9 Å². The number of benzene rings is 3. The Bertz CT molecular complexity index is 975. The lowest BCUT2D eigenvalue weighted by Crippen LogP contribution is -2.40. The fraction of sp³-hybridized carbons (Fsp3) is 0.269. The minimum atomic E-state index is -0.158. The number of nitrogens with zero attached hydrogens (tertiary/aromatic N) is 1. The third kappa shape index (κ3) is 6.25. The van der Waals surface area contributed by atoms with E-state index in [4.69, 9.17) is 9.47 Å². The predicted octanol–water partition coefficient (Wildman–Crippen LogP) is 6.11. The normalized spacial score (nSPS) is 11.5. The van der Waals surface area contributed by atoms with Gasteiger partial charge in [-0.05, 0) is 48.7 Å². The van der Waals surface area contributed by atoms with Crippen molar-refractivity contribution in [3.8, 4) is 11.5 Å². The first-order chi connectivity index (χ1) is 15.1. The van der Waals surface area contributed by atoms with Gasteiger partial charge in [0.05, 0.1) is 12.8 Å². The maximum atomic E-state index is 13.1. The molecule has 0 aliphatic rings. The molecule has 3 aromatic rings. The van der Waals surface area contributed by atoms with Crippen molar-refractivity contribution in [3.63, 3.8) is 0 Å². The first-order valence-electron chi connectivity index (χ1n) is 10.6. The molecule has 0 bridgehead atoms. The number of ether oxygens (including phenoxy) is 2. The lowest BCUT2D eigenvalue weighted by atomic mass is 10.1. The van der Waals surface area contributed by atoms with Crippen LogP contribution in [0.3, 0.4) is 0 Å². The summed E-state index contributed by atoms with van der Waals surface area (Å²) in [5.41, 5.74) is 2.79. The highest BCUT2D eigenvalue weighted by Gasteiger charge is 2.20. The molecule has 0 fully saturated rings. The highest BCUT2D eigenvalue weighted by atomic mass is 16.5. The Hall–Kier alpha value is -3.47. The highest BCUT2D eigenvalue weighted by Crippen LogP contribution is 2.25. The van der Waals surface area contributed by atoms with E-state index in [1.807, 2.05) is 83.8 Å². The molecule has 2 amide bonds. The number of nitrogens with one attached hydrogen (secondary N) is 1. The zero-order chi connectivity index (χ0) is 22.1. The SMILES string of the molecule is CCC(C)N(Cc1cccc(OCc2ccccc2)c1)C(=O)Nc1ccccc1OC. The van der Waals surface area contributed by atoms with Crippen LogP contribution in [0, 0.1) is 0 Å². The van der Waals surface area contributed by atoms with E-state index < -0.39 is 0 Å². The van der Waals surface area contributed by atoms with Gasteiger partial charge in [0.2, 0.25) is 0 Å². The quantitative estimate of drug-likeness (QED) is 0.456. The summed E-state index contributed by atoms with van der Waals surface area (Å²) < 4.78 is 11.3. The van der Waals surface area contributed by atoms with Crippen LogP contribution in [0.2, 0.25) is 0 Å². The van der Waals surface area contributed by atoms with Crippen molar-refractivity contribution in [2.24, 2.45) is 0 Å². The maximum Gasteiger partial charge on any atom is 0.322 e. The van der Waals surface area contributed by atoms with E-state index in [0.29, 0.717) is 24.6 Å². The molecule has 162 valence electrons. The monoisotopic (exact) mass is 418 g/mol. The summed E-state index contributed by atoms with van der Waals surface area (Å²) in [6.07, 6.45) is 0.851. The van der Waals surface area contributed by atoms with Crippen LogP contribution in [-0.2, 0) is 13.2 Å². The van der Waals surface area contributed by atoms with Crippen molar-refractivity contribution in [2.75, 3.05) is 12.4 Å². The third-order valence-electron chi connectivity index (χ3n) is 5.23. The molecule has 1 unspecified atom stereocenters. The van der Waals surface area contributed by atoms with E-state index in [0.717, 1.165) is 23.3 Å². The lowest BCUT2D eigenvalue weighted by Gasteiger charge is -2.29. The summed E-state index contributed by atoms with van der Waals surface area (Å²) in [6, 6.07) is 25.3. The van der Waals surface area contributed by atoms with Crippen molar-refractivity contribution in [1.82, 2.24) is 4.90 Å². The molecule has 0 aromatic heterocycles. The van der Waals surface area contributed by atoms with Crippen LogP contribution in [-0.4, -0.2) is 24.1 Å².